The Hall–Kier alpha value is -0.800. The Labute approximate surface area is 126 Å². The van der Waals surface area contributed by atoms with Crippen LogP contribution in [0, 0.1) is 5.82 Å². The molecule has 0 aliphatic rings. The van der Waals surface area contributed by atoms with Gasteiger partial charge in [-0.2, -0.15) is 0 Å². The number of carbonyl (C=O) groups excluding carboxylic acids is 1. The van der Waals surface area contributed by atoms with Crippen molar-refractivity contribution in [1.82, 2.24) is 4.90 Å². The lowest BCUT2D eigenvalue weighted by atomic mass is 10.2. The van der Waals surface area contributed by atoms with Crippen LogP contribution in [0.4, 0.5) is 13.2 Å². The van der Waals surface area contributed by atoms with Gasteiger partial charge >= 0.3 is 0 Å². The third kappa shape index (κ3) is 4.10. The van der Waals surface area contributed by atoms with Crippen molar-refractivity contribution >= 4 is 41.6 Å². The van der Waals surface area contributed by atoms with Gasteiger partial charge in [0.15, 0.2) is 0 Å². The summed E-state index contributed by atoms with van der Waals surface area (Å²) < 4.78 is 60.4. The highest BCUT2D eigenvalue weighted by atomic mass is 79.9. The Kier molecular flexibility index (Phi) is 5.45. The summed E-state index contributed by atoms with van der Waals surface area (Å²) in [5.41, 5.74) is -0.657. The number of nitrogens with zero attached hydrogens (tertiary/aromatic N) is 1. The Morgan fingerprint density at radius 3 is 2.45 bits per heavy atom. The van der Waals surface area contributed by atoms with E-state index in [1.807, 2.05) is 0 Å². The van der Waals surface area contributed by atoms with Gasteiger partial charge in [0, 0.05) is 22.2 Å². The Morgan fingerprint density at radius 2 is 2.00 bits per heavy atom. The first-order chi connectivity index (χ1) is 9.04. The van der Waals surface area contributed by atoms with Crippen molar-refractivity contribution < 1.29 is 26.4 Å². The third-order valence-electron chi connectivity index (χ3n) is 2.27. The van der Waals surface area contributed by atoms with E-state index in [0.717, 1.165) is 13.1 Å². The molecular weight excluding hydrogens is 387 g/mol. The van der Waals surface area contributed by atoms with Gasteiger partial charge in [-0.3, -0.25) is 4.79 Å². The lowest BCUT2D eigenvalue weighted by Crippen LogP contribution is -2.32. The third-order valence-corrected chi connectivity index (χ3v) is 4.55. The smallest absolute Gasteiger partial charge is 0.262 e. The summed E-state index contributed by atoms with van der Waals surface area (Å²) in [6.07, 6.45) is -2.79. The highest BCUT2D eigenvalue weighted by Gasteiger charge is 2.24. The fraction of sp³-hybridized carbons (Fsp3) is 0.300. The first-order valence-electron chi connectivity index (χ1n) is 5.01. The number of amides is 1. The molecule has 0 aliphatic heterocycles. The first kappa shape index (κ1) is 17.3. The van der Waals surface area contributed by atoms with E-state index in [-0.39, 0.29) is 4.47 Å². The number of hydrogen-bond donors (Lipinski definition) is 0. The van der Waals surface area contributed by atoms with Gasteiger partial charge in [0.05, 0.1) is 17.0 Å². The molecule has 4 nitrogen and oxygen atoms in total. The molecule has 1 aromatic carbocycles. The van der Waals surface area contributed by atoms with Crippen LogP contribution in [0.25, 0.3) is 0 Å². The topological polar surface area (TPSA) is 54.5 Å². The zero-order valence-corrected chi connectivity index (χ0v) is 13.1. The molecule has 112 valence electrons. The molecule has 0 radical (unpaired) electrons. The van der Waals surface area contributed by atoms with Crippen LogP contribution in [0.15, 0.2) is 21.5 Å². The zero-order chi connectivity index (χ0) is 15.7. The molecule has 20 heavy (non-hydrogen) atoms. The standard InChI is InChI=1S/C10H8BrClF3NO3S/c1-16(4-9(14)15)10(17)5-2-8(20(12,18)19)6(11)3-7(5)13/h2-3,9H,4H2,1H3. The predicted molar refractivity (Wildman–Crippen MR) is 70.1 cm³/mol. The molecule has 0 aliphatic carbocycles. The molecule has 1 rings (SSSR count). The average molecular weight is 395 g/mol. The molecule has 1 amide bonds. The summed E-state index contributed by atoms with van der Waals surface area (Å²) in [5, 5.41) is 0. The van der Waals surface area contributed by atoms with Crippen LogP contribution in [0.3, 0.4) is 0 Å². The summed E-state index contributed by atoms with van der Waals surface area (Å²) in [7, 11) is 1.96. The number of rotatable bonds is 4. The summed E-state index contributed by atoms with van der Waals surface area (Å²) in [4.78, 5) is 11.9. The second-order valence-electron chi connectivity index (χ2n) is 3.78. The van der Waals surface area contributed by atoms with Crippen molar-refractivity contribution in [3.05, 3.63) is 28.0 Å². The van der Waals surface area contributed by atoms with Gasteiger partial charge in [0.1, 0.15) is 5.82 Å². The molecule has 0 heterocycles. The van der Waals surface area contributed by atoms with Crippen LogP contribution in [-0.4, -0.2) is 39.2 Å². The molecule has 0 bridgehead atoms. The minimum atomic E-state index is -4.22. The van der Waals surface area contributed by atoms with E-state index in [4.69, 9.17) is 10.7 Å². The second kappa shape index (κ2) is 6.31. The second-order valence-corrected chi connectivity index (χ2v) is 7.17. The van der Waals surface area contributed by atoms with E-state index in [1.54, 1.807) is 0 Å². The highest BCUT2D eigenvalue weighted by Crippen LogP contribution is 2.28. The van der Waals surface area contributed by atoms with E-state index in [2.05, 4.69) is 15.9 Å². The van der Waals surface area contributed by atoms with Gasteiger partial charge < -0.3 is 4.90 Å². The lowest BCUT2D eigenvalue weighted by molar-refractivity contribution is 0.0616. The molecule has 0 aromatic heterocycles. The van der Waals surface area contributed by atoms with E-state index in [0.29, 0.717) is 11.0 Å². The summed E-state index contributed by atoms with van der Waals surface area (Å²) in [5.74, 6) is -2.12. The quantitative estimate of drug-likeness (QED) is 0.738. The molecule has 0 N–H and O–H groups in total. The Morgan fingerprint density at radius 1 is 1.45 bits per heavy atom. The van der Waals surface area contributed by atoms with Crippen molar-refractivity contribution in [1.29, 1.82) is 0 Å². The van der Waals surface area contributed by atoms with Crippen LogP contribution in [0.1, 0.15) is 10.4 Å². The molecule has 10 heteroatoms. The minimum absolute atomic E-state index is 0.168. The van der Waals surface area contributed by atoms with Crippen molar-refractivity contribution in [2.45, 2.75) is 11.3 Å². The average Bonchev–Trinajstić information content (AvgIpc) is 2.25. The maximum atomic E-state index is 13.7. The largest absolute Gasteiger partial charge is 0.336 e. The van der Waals surface area contributed by atoms with Crippen LogP contribution in [0.2, 0.25) is 0 Å². The zero-order valence-electron chi connectivity index (χ0n) is 9.91. The monoisotopic (exact) mass is 393 g/mol. The van der Waals surface area contributed by atoms with Crippen LogP contribution >= 0.6 is 26.6 Å². The van der Waals surface area contributed by atoms with Gasteiger partial charge in [0.2, 0.25) is 0 Å². The molecule has 0 spiro atoms. The fourth-order valence-electron chi connectivity index (χ4n) is 1.38. The number of benzene rings is 1. The molecular formula is C10H8BrClF3NO3S. The predicted octanol–water partition coefficient (Wildman–Crippen LogP) is 2.85. The Bertz CT molecular complexity index is 639. The number of carbonyl (C=O) groups is 1. The van der Waals surface area contributed by atoms with Gasteiger partial charge in [-0.15, -0.1) is 0 Å². The van der Waals surface area contributed by atoms with Crippen LogP contribution in [0.5, 0.6) is 0 Å². The number of alkyl halides is 2. The molecule has 0 atom stereocenters. The van der Waals surface area contributed by atoms with Gasteiger partial charge in [-0.25, -0.2) is 21.6 Å². The van der Waals surface area contributed by atoms with Crippen molar-refractivity contribution in [2.24, 2.45) is 0 Å². The number of halogens is 5. The van der Waals surface area contributed by atoms with Crippen molar-refractivity contribution in [2.75, 3.05) is 13.6 Å². The van der Waals surface area contributed by atoms with E-state index < -0.39 is 44.2 Å². The molecule has 0 saturated carbocycles. The van der Waals surface area contributed by atoms with Crippen LogP contribution < -0.4 is 0 Å². The SMILES string of the molecule is CN(CC(F)F)C(=O)c1cc(S(=O)(=O)Cl)c(Br)cc1F. The van der Waals surface area contributed by atoms with Gasteiger partial charge in [-0.1, -0.05) is 0 Å². The highest BCUT2D eigenvalue weighted by molar-refractivity contribution is 9.10. The normalized spacial score (nSPS) is 11.8. The lowest BCUT2D eigenvalue weighted by Gasteiger charge is -2.17. The maximum absolute atomic E-state index is 13.7. The van der Waals surface area contributed by atoms with E-state index in [1.165, 1.54) is 0 Å². The fourth-order valence-corrected chi connectivity index (χ4v) is 3.54. The minimum Gasteiger partial charge on any atom is -0.336 e. The van der Waals surface area contributed by atoms with Crippen LogP contribution in [-0.2, 0) is 9.05 Å². The van der Waals surface area contributed by atoms with Crippen molar-refractivity contribution in [3.63, 3.8) is 0 Å². The van der Waals surface area contributed by atoms with E-state index >= 15 is 0 Å². The van der Waals surface area contributed by atoms with Gasteiger partial charge in [0.25, 0.3) is 21.4 Å². The Balaban J connectivity index is 3.29. The van der Waals surface area contributed by atoms with E-state index in [9.17, 15) is 26.4 Å². The maximum Gasteiger partial charge on any atom is 0.262 e. The molecule has 0 fully saturated rings. The van der Waals surface area contributed by atoms with Crippen molar-refractivity contribution in [3.8, 4) is 0 Å². The molecule has 0 unspecified atom stereocenters. The number of hydrogen-bond acceptors (Lipinski definition) is 3. The summed E-state index contributed by atoms with van der Waals surface area (Å²) >= 11 is 2.79. The first-order valence-corrected chi connectivity index (χ1v) is 8.11. The summed E-state index contributed by atoms with van der Waals surface area (Å²) in [6.45, 7) is -0.905. The summed E-state index contributed by atoms with van der Waals surface area (Å²) in [6, 6.07) is 1.44. The molecule has 0 saturated heterocycles. The van der Waals surface area contributed by atoms with Gasteiger partial charge in [-0.05, 0) is 28.1 Å². The molecule has 1 aromatic rings.